The third kappa shape index (κ3) is 3.52. The zero-order valence-electron chi connectivity index (χ0n) is 14.6. The second kappa shape index (κ2) is 7.50. The smallest absolute Gasteiger partial charge is 0.259 e. The third-order valence-corrected chi connectivity index (χ3v) is 4.60. The van der Waals surface area contributed by atoms with Gasteiger partial charge in [0.2, 0.25) is 5.89 Å². The summed E-state index contributed by atoms with van der Waals surface area (Å²) in [4.78, 5) is 21.2. The van der Waals surface area contributed by atoms with Crippen LogP contribution in [0.15, 0.2) is 59.1 Å². The molecule has 4 aromatic rings. The molecule has 0 spiro atoms. The third-order valence-electron chi connectivity index (χ3n) is 4.03. The minimum atomic E-state index is -0.405. The summed E-state index contributed by atoms with van der Waals surface area (Å²) in [6, 6.07) is 13.4. The number of aromatic nitrogens is 2. The molecule has 28 heavy (non-hydrogen) atoms. The van der Waals surface area contributed by atoms with Crippen molar-refractivity contribution in [2.24, 2.45) is 0 Å². The van der Waals surface area contributed by atoms with Crippen LogP contribution in [-0.4, -0.2) is 23.0 Å². The number of carbonyl (C=O) groups is 1. The van der Waals surface area contributed by atoms with E-state index < -0.39 is 5.91 Å². The van der Waals surface area contributed by atoms with Crippen LogP contribution in [-0.2, 0) is 0 Å². The van der Waals surface area contributed by atoms with Gasteiger partial charge in [0, 0.05) is 16.8 Å². The number of oxazole rings is 1. The summed E-state index contributed by atoms with van der Waals surface area (Å²) in [7, 11) is 1.48. The van der Waals surface area contributed by atoms with E-state index >= 15 is 0 Å². The van der Waals surface area contributed by atoms with E-state index in [1.54, 1.807) is 48.7 Å². The number of amides is 1. The first-order valence-electron chi connectivity index (χ1n) is 8.21. The van der Waals surface area contributed by atoms with E-state index in [0.717, 1.165) is 0 Å². The predicted molar refractivity (Wildman–Crippen MR) is 108 cm³/mol. The molecule has 2 aromatic heterocycles. The molecule has 0 radical (unpaired) electrons. The summed E-state index contributed by atoms with van der Waals surface area (Å²) in [6.07, 6.45) is 1.64. The normalized spacial score (nSPS) is 10.8. The van der Waals surface area contributed by atoms with Gasteiger partial charge in [-0.15, -0.1) is 0 Å². The number of fused-ring (bicyclic) bond motifs is 1. The molecule has 0 unspecified atom stereocenters. The van der Waals surface area contributed by atoms with Gasteiger partial charge in [-0.05, 0) is 48.5 Å². The Kier molecular flexibility index (Phi) is 4.90. The molecule has 0 bridgehead atoms. The van der Waals surface area contributed by atoms with E-state index in [-0.39, 0.29) is 0 Å². The molecule has 0 fully saturated rings. The first kappa shape index (κ1) is 18.3. The molecule has 1 N–H and O–H groups in total. The molecule has 0 saturated heterocycles. The number of pyridine rings is 1. The maximum atomic E-state index is 12.7. The zero-order valence-corrected chi connectivity index (χ0v) is 16.1. The summed E-state index contributed by atoms with van der Waals surface area (Å²) in [5.41, 5.74) is 2.42. The maximum Gasteiger partial charge on any atom is 0.259 e. The van der Waals surface area contributed by atoms with Crippen LogP contribution in [0.1, 0.15) is 10.4 Å². The number of hydrogen-bond donors (Lipinski definition) is 1. The van der Waals surface area contributed by atoms with E-state index in [1.165, 1.54) is 13.2 Å². The van der Waals surface area contributed by atoms with E-state index in [1.807, 2.05) is 0 Å². The number of nitrogens with zero attached hydrogens (tertiary/aromatic N) is 2. The fourth-order valence-electron chi connectivity index (χ4n) is 2.69. The molecular weight excluding hydrogens is 401 g/mol. The monoisotopic (exact) mass is 413 g/mol. The second-order valence-corrected chi connectivity index (χ2v) is 6.68. The van der Waals surface area contributed by atoms with Crippen molar-refractivity contribution in [1.29, 1.82) is 0 Å². The van der Waals surface area contributed by atoms with Crippen molar-refractivity contribution in [1.82, 2.24) is 9.97 Å². The van der Waals surface area contributed by atoms with E-state index in [4.69, 9.17) is 32.4 Å². The number of nitrogens with one attached hydrogen (secondary N) is 1. The minimum absolute atomic E-state index is 0.294. The molecule has 0 aliphatic carbocycles. The molecule has 4 rings (SSSR count). The van der Waals surface area contributed by atoms with E-state index in [2.05, 4.69) is 15.3 Å². The molecule has 2 heterocycles. The largest absolute Gasteiger partial charge is 0.496 e. The van der Waals surface area contributed by atoms with Crippen LogP contribution >= 0.6 is 23.2 Å². The molecule has 0 atom stereocenters. The number of benzene rings is 2. The predicted octanol–water partition coefficient (Wildman–Crippen LogP) is 5.46. The van der Waals surface area contributed by atoms with Crippen molar-refractivity contribution < 1.29 is 13.9 Å². The number of ether oxygens (including phenoxy) is 1. The fourth-order valence-corrected chi connectivity index (χ4v) is 3.03. The van der Waals surface area contributed by atoms with Gasteiger partial charge in [0.25, 0.3) is 5.91 Å². The van der Waals surface area contributed by atoms with Crippen LogP contribution in [0.2, 0.25) is 10.0 Å². The molecule has 6 nitrogen and oxygen atoms in total. The van der Waals surface area contributed by atoms with Gasteiger partial charge in [-0.2, -0.15) is 4.98 Å². The topological polar surface area (TPSA) is 77.2 Å². The Bertz CT molecular complexity index is 1160. The lowest BCUT2D eigenvalue weighted by atomic mass is 10.1. The van der Waals surface area contributed by atoms with Crippen LogP contribution in [0.5, 0.6) is 5.75 Å². The fraction of sp³-hybridized carbons (Fsp3) is 0.0500. The van der Waals surface area contributed by atoms with Gasteiger partial charge >= 0.3 is 0 Å². The van der Waals surface area contributed by atoms with Crippen molar-refractivity contribution in [2.45, 2.75) is 0 Å². The van der Waals surface area contributed by atoms with Crippen LogP contribution in [0.4, 0.5) is 5.69 Å². The van der Waals surface area contributed by atoms with Crippen molar-refractivity contribution in [3.05, 3.63) is 70.3 Å². The second-order valence-electron chi connectivity index (χ2n) is 5.84. The number of hydrogen-bond acceptors (Lipinski definition) is 5. The Morgan fingerprint density at radius 3 is 2.79 bits per heavy atom. The maximum absolute atomic E-state index is 12.7. The quantitative estimate of drug-likeness (QED) is 0.480. The highest BCUT2D eigenvalue weighted by molar-refractivity contribution is 6.34. The van der Waals surface area contributed by atoms with Gasteiger partial charge in [0.05, 0.1) is 23.4 Å². The number of rotatable bonds is 4. The summed E-state index contributed by atoms with van der Waals surface area (Å²) >= 11 is 12.3. The van der Waals surface area contributed by atoms with Gasteiger partial charge in [-0.3, -0.25) is 4.79 Å². The molecule has 2 aromatic carbocycles. The molecule has 0 saturated carbocycles. The first-order chi connectivity index (χ1) is 13.5. The molecule has 8 heteroatoms. The lowest BCUT2D eigenvalue weighted by Crippen LogP contribution is -2.13. The summed E-state index contributed by atoms with van der Waals surface area (Å²) in [5, 5.41) is 3.57. The van der Waals surface area contributed by atoms with Crippen LogP contribution in [0, 0.1) is 0 Å². The standard InChI is InChI=1S/C20H13Cl2N3O3/c1-27-16-7-5-12(21)10-13(16)19(26)24-15-9-11(4-6-14(15)22)20-25-18-17(28-20)3-2-8-23-18/h2-10H,1H3,(H,24,26). The van der Waals surface area contributed by atoms with E-state index in [9.17, 15) is 4.79 Å². The molecule has 140 valence electrons. The van der Waals surface area contributed by atoms with Gasteiger partial charge in [0.15, 0.2) is 11.2 Å². The average molecular weight is 414 g/mol. The van der Waals surface area contributed by atoms with Gasteiger partial charge in [-0.1, -0.05) is 23.2 Å². The van der Waals surface area contributed by atoms with E-state index in [0.29, 0.717) is 49.7 Å². The Balaban J connectivity index is 1.68. The molecular formula is C20H13Cl2N3O3. The highest BCUT2D eigenvalue weighted by atomic mass is 35.5. The van der Waals surface area contributed by atoms with Crippen LogP contribution < -0.4 is 10.1 Å². The van der Waals surface area contributed by atoms with Crippen molar-refractivity contribution in [3.8, 4) is 17.2 Å². The van der Waals surface area contributed by atoms with Gasteiger partial charge in [0.1, 0.15) is 5.75 Å². The Labute approximate surface area is 170 Å². The van der Waals surface area contributed by atoms with Crippen molar-refractivity contribution >= 4 is 46.0 Å². The Hall–Kier alpha value is -3.09. The molecule has 0 aliphatic heterocycles. The van der Waals surface area contributed by atoms with Gasteiger partial charge < -0.3 is 14.5 Å². The first-order valence-corrected chi connectivity index (χ1v) is 8.97. The van der Waals surface area contributed by atoms with Crippen LogP contribution in [0.3, 0.4) is 0 Å². The number of anilines is 1. The number of methoxy groups -OCH3 is 1. The summed E-state index contributed by atoms with van der Waals surface area (Å²) < 4.78 is 11.0. The Morgan fingerprint density at radius 2 is 2.00 bits per heavy atom. The lowest BCUT2D eigenvalue weighted by molar-refractivity contribution is 0.102. The highest BCUT2D eigenvalue weighted by Crippen LogP contribution is 2.31. The molecule has 1 amide bonds. The zero-order chi connectivity index (χ0) is 19.7. The molecule has 0 aliphatic rings. The van der Waals surface area contributed by atoms with Crippen molar-refractivity contribution in [3.63, 3.8) is 0 Å². The number of carbonyl (C=O) groups excluding carboxylic acids is 1. The van der Waals surface area contributed by atoms with Gasteiger partial charge in [-0.25, -0.2) is 4.98 Å². The Morgan fingerprint density at radius 1 is 1.14 bits per heavy atom. The lowest BCUT2D eigenvalue weighted by Gasteiger charge is -2.11. The average Bonchev–Trinajstić information content (AvgIpc) is 3.13. The summed E-state index contributed by atoms with van der Waals surface area (Å²) in [5.74, 6) is 0.373. The SMILES string of the molecule is COc1ccc(Cl)cc1C(=O)Nc1cc(-c2nc3ncccc3o2)ccc1Cl. The number of halogens is 2. The minimum Gasteiger partial charge on any atom is -0.496 e. The highest BCUT2D eigenvalue weighted by Gasteiger charge is 2.16. The van der Waals surface area contributed by atoms with Crippen LogP contribution in [0.25, 0.3) is 22.7 Å². The summed E-state index contributed by atoms with van der Waals surface area (Å²) in [6.45, 7) is 0. The van der Waals surface area contributed by atoms with Crippen molar-refractivity contribution in [2.75, 3.05) is 12.4 Å².